The molecule has 0 fully saturated rings. The molecule has 3 aromatic rings. The van der Waals surface area contributed by atoms with Crippen LogP contribution in [0.15, 0.2) is 59.5 Å². The fourth-order valence-electron chi connectivity index (χ4n) is 3.04. The summed E-state index contributed by atoms with van der Waals surface area (Å²) in [6, 6.07) is 14.5. The van der Waals surface area contributed by atoms with Crippen molar-refractivity contribution in [2.24, 2.45) is 0 Å². The molecule has 1 amide bonds. The molecule has 0 saturated heterocycles. The molecular weight excluding hydrogens is 448 g/mol. The van der Waals surface area contributed by atoms with Crippen LogP contribution in [-0.4, -0.2) is 31.2 Å². The smallest absolute Gasteiger partial charge is 0.244 e. The van der Waals surface area contributed by atoms with Crippen LogP contribution in [0.4, 0.5) is 0 Å². The number of aryl methyl sites for hydroxylation is 2. The monoisotopic (exact) mass is 472 g/mol. The lowest BCUT2D eigenvalue weighted by molar-refractivity contribution is -0.116. The van der Waals surface area contributed by atoms with Gasteiger partial charge >= 0.3 is 0 Å². The van der Waals surface area contributed by atoms with Gasteiger partial charge < -0.3 is 5.32 Å². The highest BCUT2D eigenvalue weighted by Gasteiger charge is 2.12. The molecule has 1 aromatic heterocycles. The summed E-state index contributed by atoms with van der Waals surface area (Å²) in [4.78, 5) is 12.4. The van der Waals surface area contributed by atoms with E-state index in [0.717, 1.165) is 16.8 Å². The third-order valence-electron chi connectivity index (χ3n) is 4.93. The van der Waals surface area contributed by atoms with Crippen LogP contribution >= 0.6 is 11.6 Å². The Labute approximate surface area is 193 Å². The van der Waals surface area contributed by atoms with Gasteiger partial charge in [0.05, 0.1) is 17.1 Å². The van der Waals surface area contributed by atoms with Gasteiger partial charge in [-0.15, -0.1) is 0 Å². The van der Waals surface area contributed by atoms with E-state index in [1.807, 2.05) is 38.1 Å². The van der Waals surface area contributed by atoms with E-state index in [1.54, 1.807) is 22.9 Å². The molecular formula is C23H25ClN4O3S. The predicted octanol–water partition coefficient (Wildman–Crippen LogP) is 3.44. The Kier molecular flexibility index (Phi) is 7.50. The number of hydrogen-bond donors (Lipinski definition) is 2. The number of benzene rings is 2. The van der Waals surface area contributed by atoms with Crippen LogP contribution in [0.1, 0.15) is 27.9 Å². The minimum Gasteiger partial charge on any atom is -0.348 e. The van der Waals surface area contributed by atoms with E-state index in [9.17, 15) is 13.2 Å². The molecule has 9 heteroatoms. The summed E-state index contributed by atoms with van der Waals surface area (Å²) in [6.45, 7) is 4.68. The largest absolute Gasteiger partial charge is 0.348 e. The molecule has 2 N–H and O–H groups in total. The van der Waals surface area contributed by atoms with Gasteiger partial charge in [0.1, 0.15) is 5.15 Å². The minimum absolute atomic E-state index is 0.169. The standard InChI is InChI=1S/C23H25ClN4O3S/c1-16-4-6-19(7-5-16)15-28-23(24)21(17(2)27-28)12-13-22(29)26-14-18-8-10-20(11-9-18)32(30,31)25-3/h4-13,25H,14-15H2,1-3H3,(H,26,29)/b13-12+. The van der Waals surface area contributed by atoms with Crippen molar-refractivity contribution < 1.29 is 13.2 Å². The van der Waals surface area contributed by atoms with E-state index in [4.69, 9.17) is 11.6 Å². The number of nitrogens with one attached hydrogen (secondary N) is 2. The number of nitrogens with zero attached hydrogens (tertiary/aromatic N) is 2. The fraction of sp³-hybridized carbons (Fsp3) is 0.217. The summed E-state index contributed by atoms with van der Waals surface area (Å²) in [5, 5.41) is 7.72. The van der Waals surface area contributed by atoms with Crippen LogP contribution in [0.3, 0.4) is 0 Å². The number of hydrogen-bond acceptors (Lipinski definition) is 4. The highest BCUT2D eigenvalue weighted by atomic mass is 35.5. The Morgan fingerprint density at radius 3 is 2.31 bits per heavy atom. The molecule has 0 bridgehead atoms. The first kappa shape index (κ1) is 23.7. The van der Waals surface area contributed by atoms with Gasteiger partial charge in [-0.2, -0.15) is 5.10 Å². The highest BCUT2D eigenvalue weighted by molar-refractivity contribution is 7.89. The number of carbonyl (C=O) groups excluding carboxylic acids is 1. The van der Waals surface area contributed by atoms with Gasteiger partial charge in [0, 0.05) is 18.2 Å². The minimum atomic E-state index is -3.48. The lowest BCUT2D eigenvalue weighted by Gasteiger charge is -2.05. The van der Waals surface area contributed by atoms with Crippen molar-refractivity contribution in [3.8, 4) is 0 Å². The Morgan fingerprint density at radius 1 is 1.06 bits per heavy atom. The van der Waals surface area contributed by atoms with Crippen molar-refractivity contribution in [2.45, 2.75) is 31.8 Å². The second-order valence-electron chi connectivity index (χ2n) is 7.34. The summed E-state index contributed by atoms with van der Waals surface area (Å²) in [5.41, 5.74) is 4.47. The van der Waals surface area contributed by atoms with Crippen molar-refractivity contribution >= 4 is 33.6 Å². The molecule has 7 nitrogen and oxygen atoms in total. The van der Waals surface area contributed by atoms with E-state index in [1.165, 1.54) is 30.8 Å². The Hall–Kier alpha value is -2.94. The first-order valence-electron chi connectivity index (χ1n) is 9.96. The molecule has 0 spiro atoms. The predicted molar refractivity (Wildman–Crippen MR) is 126 cm³/mol. The van der Waals surface area contributed by atoms with E-state index in [-0.39, 0.29) is 17.3 Å². The van der Waals surface area contributed by atoms with Gasteiger partial charge in [-0.1, -0.05) is 53.6 Å². The van der Waals surface area contributed by atoms with Crippen LogP contribution in [-0.2, 0) is 27.9 Å². The quantitative estimate of drug-likeness (QED) is 0.491. The van der Waals surface area contributed by atoms with Crippen molar-refractivity contribution in [1.82, 2.24) is 19.8 Å². The van der Waals surface area contributed by atoms with Crippen molar-refractivity contribution in [2.75, 3.05) is 7.05 Å². The first-order valence-corrected chi connectivity index (χ1v) is 11.8. The number of aromatic nitrogens is 2. The van der Waals surface area contributed by atoms with Gasteiger partial charge in [0.15, 0.2) is 0 Å². The van der Waals surface area contributed by atoms with Crippen LogP contribution in [0.25, 0.3) is 6.08 Å². The third-order valence-corrected chi connectivity index (χ3v) is 6.76. The van der Waals surface area contributed by atoms with E-state index in [2.05, 4.69) is 15.1 Å². The topological polar surface area (TPSA) is 93.1 Å². The van der Waals surface area contributed by atoms with Crippen LogP contribution in [0.2, 0.25) is 5.15 Å². The Bertz CT molecular complexity index is 1230. The summed E-state index contributed by atoms with van der Waals surface area (Å²) in [6.07, 6.45) is 3.06. The summed E-state index contributed by atoms with van der Waals surface area (Å²) >= 11 is 6.49. The molecule has 0 saturated carbocycles. The van der Waals surface area contributed by atoms with Gasteiger partial charge in [-0.05, 0) is 50.2 Å². The lowest BCUT2D eigenvalue weighted by Crippen LogP contribution is -2.21. The van der Waals surface area contributed by atoms with Crippen molar-refractivity contribution in [3.05, 3.63) is 87.7 Å². The van der Waals surface area contributed by atoms with E-state index in [0.29, 0.717) is 17.3 Å². The Balaban J connectivity index is 1.61. The maximum atomic E-state index is 12.2. The second-order valence-corrected chi connectivity index (χ2v) is 9.58. The number of sulfonamides is 1. The molecule has 3 rings (SSSR count). The highest BCUT2D eigenvalue weighted by Crippen LogP contribution is 2.22. The second kappa shape index (κ2) is 10.1. The summed E-state index contributed by atoms with van der Waals surface area (Å²) in [7, 11) is -2.13. The number of rotatable bonds is 8. The van der Waals surface area contributed by atoms with Crippen LogP contribution in [0, 0.1) is 13.8 Å². The number of halogens is 1. The fourth-order valence-corrected chi connectivity index (χ4v) is 4.07. The lowest BCUT2D eigenvalue weighted by atomic mass is 10.1. The van der Waals surface area contributed by atoms with Crippen molar-refractivity contribution in [3.63, 3.8) is 0 Å². The average Bonchev–Trinajstić information content (AvgIpc) is 3.05. The average molecular weight is 473 g/mol. The summed E-state index contributed by atoms with van der Waals surface area (Å²) < 4.78 is 27.5. The maximum Gasteiger partial charge on any atom is 0.244 e. The van der Waals surface area contributed by atoms with Crippen LogP contribution < -0.4 is 10.0 Å². The summed E-state index contributed by atoms with van der Waals surface area (Å²) in [5.74, 6) is -0.293. The van der Waals surface area contributed by atoms with Crippen LogP contribution in [0.5, 0.6) is 0 Å². The first-order chi connectivity index (χ1) is 15.2. The zero-order valence-corrected chi connectivity index (χ0v) is 19.7. The molecule has 32 heavy (non-hydrogen) atoms. The Morgan fingerprint density at radius 2 is 1.69 bits per heavy atom. The molecule has 0 atom stereocenters. The van der Waals surface area contributed by atoms with E-state index < -0.39 is 10.0 Å². The van der Waals surface area contributed by atoms with Gasteiger partial charge in [0.2, 0.25) is 15.9 Å². The van der Waals surface area contributed by atoms with Gasteiger partial charge in [-0.25, -0.2) is 17.8 Å². The molecule has 0 unspecified atom stereocenters. The third kappa shape index (κ3) is 5.85. The zero-order chi connectivity index (χ0) is 23.3. The van der Waals surface area contributed by atoms with E-state index >= 15 is 0 Å². The normalized spacial score (nSPS) is 11.8. The number of carbonyl (C=O) groups is 1. The molecule has 1 heterocycles. The van der Waals surface area contributed by atoms with Gasteiger partial charge in [0.25, 0.3) is 0 Å². The molecule has 2 aromatic carbocycles. The molecule has 0 aliphatic carbocycles. The molecule has 168 valence electrons. The SMILES string of the molecule is CNS(=O)(=O)c1ccc(CNC(=O)/C=C/c2c(C)nn(Cc3ccc(C)cc3)c2Cl)cc1. The molecule has 0 aliphatic heterocycles. The maximum absolute atomic E-state index is 12.2. The zero-order valence-electron chi connectivity index (χ0n) is 18.1. The van der Waals surface area contributed by atoms with Gasteiger partial charge in [-0.3, -0.25) is 4.79 Å². The molecule has 0 aliphatic rings. The molecule has 0 radical (unpaired) electrons. The number of amides is 1. The van der Waals surface area contributed by atoms with Crippen molar-refractivity contribution in [1.29, 1.82) is 0 Å².